The van der Waals surface area contributed by atoms with Crippen molar-refractivity contribution in [2.75, 3.05) is 45.8 Å². The summed E-state index contributed by atoms with van der Waals surface area (Å²) in [6, 6.07) is 3.14. The number of halogens is 1. The molecule has 0 radical (unpaired) electrons. The Balaban J connectivity index is 1.20. The molecule has 1 aromatic heterocycles. The van der Waals surface area contributed by atoms with Gasteiger partial charge in [0.25, 0.3) is 5.56 Å². The molecule has 3 aliphatic heterocycles. The van der Waals surface area contributed by atoms with Gasteiger partial charge in [0.05, 0.1) is 18.8 Å². The summed E-state index contributed by atoms with van der Waals surface area (Å²) in [5, 5.41) is 2.30. The van der Waals surface area contributed by atoms with Gasteiger partial charge in [0.15, 0.2) is 0 Å². The van der Waals surface area contributed by atoms with Crippen molar-refractivity contribution in [3.63, 3.8) is 0 Å². The standard InChI is InChI=1S/C26H40FN5O4/c1-19(2)36-23-7-12-30(18-22(23)27)16-20-5-10-29(11-6-20)14-15-31-9-3-4-21(25(31)34)17-32-13-8-24(33)28-26(32)35/h3-4,9,19-20,22-23H,5-8,10-18H2,1-2H3,(H,28,33,35). The fraction of sp³-hybridized carbons (Fsp3) is 0.731. The molecule has 0 saturated carbocycles. The third kappa shape index (κ3) is 7.14. The van der Waals surface area contributed by atoms with E-state index in [1.54, 1.807) is 16.8 Å². The zero-order valence-corrected chi connectivity index (χ0v) is 21.5. The van der Waals surface area contributed by atoms with E-state index in [4.69, 9.17) is 4.74 Å². The lowest BCUT2D eigenvalue weighted by Crippen LogP contribution is -2.49. The number of rotatable bonds is 9. The average Bonchev–Trinajstić information content (AvgIpc) is 2.84. The molecule has 9 nitrogen and oxygen atoms in total. The summed E-state index contributed by atoms with van der Waals surface area (Å²) < 4.78 is 21.9. The first-order valence-corrected chi connectivity index (χ1v) is 13.3. The highest BCUT2D eigenvalue weighted by atomic mass is 19.1. The Labute approximate surface area is 212 Å². The zero-order valence-electron chi connectivity index (χ0n) is 21.5. The largest absolute Gasteiger partial charge is 0.372 e. The molecule has 0 bridgehead atoms. The average molecular weight is 506 g/mol. The summed E-state index contributed by atoms with van der Waals surface area (Å²) in [5.74, 6) is 0.294. The molecule has 4 heterocycles. The van der Waals surface area contributed by atoms with Gasteiger partial charge in [-0.15, -0.1) is 0 Å². The van der Waals surface area contributed by atoms with Crippen LogP contribution in [0.15, 0.2) is 23.1 Å². The third-order valence-electron chi connectivity index (χ3n) is 7.50. The summed E-state index contributed by atoms with van der Waals surface area (Å²) in [5.41, 5.74) is 0.456. The summed E-state index contributed by atoms with van der Waals surface area (Å²) in [4.78, 5) is 42.5. The van der Waals surface area contributed by atoms with Crippen molar-refractivity contribution in [3.05, 3.63) is 34.2 Å². The summed E-state index contributed by atoms with van der Waals surface area (Å²) in [6.07, 6.45) is 3.83. The number of ether oxygens (including phenoxy) is 1. The molecule has 0 aliphatic carbocycles. The molecule has 10 heteroatoms. The fourth-order valence-electron chi connectivity index (χ4n) is 5.46. The minimum atomic E-state index is -0.915. The minimum Gasteiger partial charge on any atom is -0.372 e. The fourth-order valence-corrected chi connectivity index (χ4v) is 5.46. The Hall–Kier alpha value is -2.30. The summed E-state index contributed by atoms with van der Waals surface area (Å²) in [7, 11) is 0. The second-order valence-corrected chi connectivity index (χ2v) is 10.6. The number of aromatic nitrogens is 1. The molecule has 1 N–H and O–H groups in total. The second kappa shape index (κ2) is 12.3. The smallest absolute Gasteiger partial charge is 0.324 e. The highest BCUT2D eigenvalue weighted by Crippen LogP contribution is 2.23. The number of imide groups is 1. The topological polar surface area (TPSA) is 87.1 Å². The molecular weight excluding hydrogens is 465 g/mol. The van der Waals surface area contributed by atoms with Gasteiger partial charge in [-0.2, -0.15) is 0 Å². The first-order valence-electron chi connectivity index (χ1n) is 13.3. The first-order chi connectivity index (χ1) is 17.3. The van der Waals surface area contributed by atoms with Crippen LogP contribution in [0.2, 0.25) is 0 Å². The van der Waals surface area contributed by atoms with Crippen LogP contribution in [0.1, 0.15) is 45.1 Å². The van der Waals surface area contributed by atoms with E-state index in [9.17, 15) is 18.8 Å². The molecule has 200 valence electrons. The van der Waals surface area contributed by atoms with Crippen molar-refractivity contribution in [3.8, 4) is 0 Å². The lowest BCUT2D eigenvalue weighted by molar-refractivity contribution is -0.121. The molecule has 36 heavy (non-hydrogen) atoms. The Morgan fingerprint density at radius 1 is 1.06 bits per heavy atom. The molecular formula is C26H40FN5O4. The normalized spacial score (nSPS) is 24.9. The molecule has 0 aromatic carbocycles. The van der Waals surface area contributed by atoms with E-state index in [0.29, 0.717) is 31.1 Å². The number of hydrogen-bond acceptors (Lipinski definition) is 6. The van der Waals surface area contributed by atoms with Crippen molar-refractivity contribution in [2.45, 2.75) is 71.0 Å². The van der Waals surface area contributed by atoms with Crippen LogP contribution in [0.5, 0.6) is 0 Å². The molecule has 3 saturated heterocycles. The maximum atomic E-state index is 14.5. The Bertz CT molecular complexity index is 962. The summed E-state index contributed by atoms with van der Waals surface area (Å²) >= 11 is 0. The first kappa shape index (κ1) is 26.8. The number of carbonyl (C=O) groups is 2. The van der Waals surface area contributed by atoms with Gasteiger partial charge in [0.2, 0.25) is 5.91 Å². The molecule has 4 rings (SSSR count). The number of amides is 3. The number of alkyl halides is 1. The van der Waals surface area contributed by atoms with Crippen LogP contribution in [-0.2, 0) is 22.6 Å². The van der Waals surface area contributed by atoms with Crippen LogP contribution in [0.25, 0.3) is 0 Å². The molecule has 2 atom stereocenters. The van der Waals surface area contributed by atoms with Gasteiger partial charge in [-0.3, -0.25) is 19.8 Å². The van der Waals surface area contributed by atoms with Gasteiger partial charge >= 0.3 is 6.03 Å². The molecule has 2 unspecified atom stereocenters. The van der Waals surface area contributed by atoms with E-state index in [1.165, 1.54) is 4.90 Å². The maximum absolute atomic E-state index is 14.5. The van der Waals surface area contributed by atoms with E-state index in [2.05, 4.69) is 15.1 Å². The van der Waals surface area contributed by atoms with Crippen molar-refractivity contribution >= 4 is 11.9 Å². The molecule has 3 aliphatic rings. The molecule has 1 aromatic rings. The minimum absolute atomic E-state index is 0.0607. The van der Waals surface area contributed by atoms with Crippen molar-refractivity contribution < 1.29 is 18.7 Å². The number of piperidine rings is 2. The number of pyridine rings is 1. The van der Waals surface area contributed by atoms with Gasteiger partial charge in [-0.25, -0.2) is 9.18 Å². The highest BCUT2D eigenvalue weighted by molar-refractivity contribution is 5.96. The van der Waals surface area contributed by atoms with E-state index >= 15 is 0 Å². The van der Waals surface area contributed by atoms with Crippen LogP contribution in [0.4, 0.5) is 9.18 Å². The maximum Gasteiger partial charge on any atom is 0.324 e. The quantitative estimate of drug-likeness (QED) is 0.551. The highest BCUT2D eigenvalue weighted by Gasteiger charge is 2.32. The van der Waals surface area contributed by atoms with Gasteiger partial charge in [-0.05, 0) is 58.2 Å². The third-order valence-corrected chi connectivity index (χ3v) is 7.50. The number of hydrogen-bond donors (Lipinski definition) is 1. The number of carbonyl (C=O) groups excluding carboxylic acids is 2. The summed E-state index contributed by atoms with van der Waals surface area (Å²) in [6.45, 7) is 10.1. The Kier molecular flexibility index (Phi) is 9.14. The lowest BCUT2D eigenvalue weighted by atomic mass is 9.94. The van der Waals surface area contributed by atoms with E-state index in [-0.39, 0.29) is 36.6 Å². The molecule has 3 amide bonds. The van der Waals surface area contributed by atoms with Crippen molar-refractivity contribution in [1.29, 1.82) is 0 Å². The Morgan fingerprint density at radius 3 is 2.50 bits per heavy atom. The van der Waals surface area contributed by atoms with E-state index in [1.807, 2.05) is 19.9 Å². The van der Waals surface area contributed by atoms with Gasteiger partial charge in [0, 0.05) is 57.4 Å². The van der Waals surface area contributed by atoms with E-state index in [0.717, 1.165) is 52.0 Å². The predicted molar refractivity (Wildman–Crippen MR) is 134 cm³/mol. The number of urea groups is 1. The number of likely N-dealkylation sites (tertiary alicyclic amines) is 2. The van der Waals surface area contributed by atoms with Gasteiger partial charge < -0.3 is 19.1 Å². The zero-order chi connectivity index (χ0) is 25.7. The van der Waals surface area contributed by atoms with E-state index < -0.39 is 12.2 Å². The van der Waals surface area contributed by atoms with Crippen LogP contribution in [0, 0.1) is 5.92 Å². The van der Waals surface area contributed by atoms with Gasteiger partial charge in [-0.1, -0.05) is 6.07 Å². The van der Waals surface area contributed by atoms with Crippen LogP contribution < -0.4 is 10.9 Å². The Morgan fingerprint density at radius 2 is 1.81 bits per heavy atom. The molecule has 0 spiro atoms. The SMILES string of the molecule is CC(C)OC1CCN(CC2CCN(CCn3cccc(CN4CCC(=O)NC4=O)c3=O)CC2)CC1F. The van der Waals surface area contributed by atoms with Crippen molar-refractivity contribution in [1.82, 2.24) is 24.6 Å². The van der Waals surface area contributed by atoms with Gasteiger partial charge in [0.1, 0.15) is 6.17 Å². The monoisotopic (exact) mass is 505 g/mol. The lowest BCUT2D eigenvalue weighted by Gasteiger charge is -2.39. The van der Waals surface area contributed by atoms with Crippen molar-refractivity contribution in [2.24, 2.45) is 5.92 Å². The van der Waals surface area contributed by atoms with Crippen LogP contribution >= 0.6 is 0 Å². The second-order valence-electron chi connectivity index (χ2n) is 10.6. The van der Waals surface area contributed by atoms with Crippen LogP contribution in [0.3, 0.4) is 0 Å². The number of nitrogens with zero attached hydrogens (tertiary/aromatic N) is 4. The van der Waals surface area contributed by atoms with Crippen LogP contribution in [-0.4, -0.2) is 95.4 Å². The predicted octanol–water partition coefficient (Wildman–Crippen LogP) is 1.84. The number of nitrogens with one attached hydrogen (secondary N) is 1. The molecule has 3 fully saturated rings.